The van der Waals surface area contributed by atoms with Crippen LogP contribution in [0.15, 0.2) is 53.3 Å². The summed E-state index contributed by atoms with van der Waals surface area (Å²) in [6.07, 6.45) is 3.56. The van der Waals surface area contributed by atoms with Crippen molar-refractivity contribution in [1.29, 1.82) is 0 Å². The SMILES string of the molecule is CN(CC(=O)c1ccccc1Br)Cc1cccnc1. The maximum atomic E-state index is 12.2. The minimum atomic E-state index is 0.110. The van der Waals surface area contributed by atoms with Crippen molar-refractivity contribution in [2.75, 3.05) is 13.6 Å². The standard InChI is InChI=1S/C15H15BrN2O/c1-18(10-12-5-4-8-17-9-12)11-15(19)13-6-2-3-7-14(13)16/h2-9H,10-11H2,1H3. The number of benzene rings is 1. The van der Waals surface area contributed by atoms with E-state index < -0.39 is 0 Å². The second-order valence-corrected chi connectivity index (χ2v) is 5.29. The molecule has 0 aliphatic carbocycles. The number of pyridine rings is 1. The Labute approximate surface area is 121 Å². The largest absolute Gasteiger partial charge is 0.295 e. The number of carbonyl (C=O) groups is 1. The van der Waals surface area contributed by atoms with Crippen LogP contribution < -0.4 is 0 Å². The van der Waals surface area contributed by atoms with Crippen molar-refractivity contribution >= 4 is 21.7 Å². The lowest BCUT2D eigenvalue weighted by molar-refractivity contribution is 0.0942. The molecule has 0 radical (unpaired) electrons. The van der Waals surface area contributed by atoms with Crippen molar-refractivity contribution in [3.63, 3.8) is 0 Å². The van der Waals surface area contributed by atoms with Crippen molar-refractivity contribution < 1.29 is 4.79 Å². The van der Waals surface area contributed by atoms with Gasteiger partial charge < -0.3 is 0 Å². The topological polar surface area (TPSA) is 33.2 Å². The second kappa shape index (κ2) is 6.59. The zero-order chi connectivity index (χ0) is 13.7. The number of hydrogen-bond acceptors (Lipinski definition) is 3. The van der Waals surface area contributed by atoms with Crippen LogP contribution in [0, 0.1) is 0 Å². The van der Waals surface area contributed by atoms with Crippen LogP contribution in [0.5, 0.6) is 0 Å². The molecule has 3 nitrogen and oxygen atoms in total. The predicted octanol–water partition coefficient (Wildman–Crippen LogP) is 3.16. The zero-order valence-corrected chi connectivity index (χ0v) is 12.3. The van der Waals surface area contributed by atoms with Gasteiger partial charge in [-0.15, -0.1) is 0 Å². The van der Waals surface area contributed by atoms with Gasteiger partial charge in [0.25, 0.3) is 0 Å². The van der Waals surface area contributed by atoms with Crippen LogP contribution >= 0.6 is 15.9 Å². The maximum absolute atomic E-state index is 12.2. The van der Waals surface area contributed by atoms with E-state index in [2.05, 4.69) is 20.9 Å². The molecule has 1 aromatic carbocycles. The number of aromatic nitrogens is 1. The molecule has 0 aliphatic rings. The third-order valence-electron chi connectivity index (χ3n) is 2.76. The Morgan fingerprint density at radius 3 is 2.74 bits per heavy atom. The highest BCUT2D eigenvalue weighted by atomic mass is 79.9. The molecule has 19 heavy (non-hydrogen) atoms. The summed E-state index contributed by atoms with van der Waals surface area (Å²) < 4.78 is 0.842. The normalized spacial score (nSPS) is 10.7. The van der Waals surface area contributed by atoms with Crippen LogP contribution in [0.1, 0.15) is 15.9 Å². The molecule has 0 unspecified atom stereocenters. The monoisotopic (exact) mass is 318 g/mol. The van der Waals surface area contributed by atoms with E-state index in [0.29, 0.717) is 13.1 Å². The molecule has 0 spiro atoms. The Kier molecular flexibility index (Phi) is 4.82. The van der Waals surface area contributed by atoms with E-state index in [9.17, 15) is 4.79 Å². The minimum absolute atomic E-state index is 0.110. The summed E-state index contributed by atoms with van der Waals surface area (Å²) in [5.74, 6) is 0.110. The summed E-state index contributed by atoms with van der Waals surface area (Å²) in [6, 6.07) is 11.4. The highest BCUT2D eigenvalue weighted by Crippen LogP contribution is 2.16. The maximum Gasteiger partial charge on any atom is 0.177 e. The van der Waals surface area contributed by atoms with Gasteiger partial charge in [0.2, 0.25) is 0 Å². The quantitative estimate of drug-likeness (QED) is 0.794. The average Bonchev–Trinajstić information content (AvgIpc) is 2.40. The summed E-state index contributed by atoms with van der Waals surface area (Å²) in [5, 5.41) is 0. The fraction of sp³-hybridized carbons (Fsp3) is 0.200. The summed E-state index contributed by atoms with van der Waals surface area (Å²) in [5.41, 5.74) is 1.82. The number of ketones is 1. The first-order chi connectivity index (χ1) is 9.16. The van der Waals surface area contributed by atoms with Crippen LogP contribution in [-0.2, 0) is 6.54 Å². The zero-order valence-electron chi connectivity index (χ0n) is 10.7. The van der Waals surface area contributed by atoms with Gasteiger partial charge in [-0.2, -0.15) is 0 Å². The molecule has 1 aromatic heterocycles. The van der Waals surface area contributed by atoms with Crippen molar-refractivity contribution in [1.82, 2.24) is 9.88 Å². The van der Waals surface area contributed by atoms with Crippen LogP contribution in [0.4, 0.5) is 0 Å². The Hall–Kier alpha value is -1.52. The smallest absolute Gasteiger partial charge is 0.177 e. The Bertz CT molecular complexity index is 557. The van der Waals surface area contributed by atoms with Gasteiger partial charge in [0, 0.05) is 29.0 Å². The number of carbonyl (C=O) groups excluding carboxylic acids is 1. The van der Waals surface area contributed by atoms with E-state index in [0.717, 1.165) is 15.6 Å². The average molecular weight is 319 g/mol. The van der Waals surface area contributed by atoms with Crippen LogP contribution in [0.2, 0.25) is 0 Å². The van der Waals surface area contributed by atoms with E-state index in [1.165, 1.54) is 0 Å². The third-order valence-corrected chi connectivity index (χ3v) is 3.45. The molecule has 0 amide bonds. The molecule has 0 bridgehead atoms. The number of rotatable bonds is 5. The lowest BCUT2D eigenvalue weighted by Gasteiger charge is -2.16. The molecule has 0 atom stereocenters. The van der Waals surface area contributed by atoms with Crippen LogP contribution in [0.25, 0.3) is 0 Å². The number of nitrogens with zero attached hydrogens (tertiary/aromatic N) is 2. The highest BCUT2D eigenvalue weighted by molar-refractivity contribution is 9.10. The summed E-state index contributed by atoms with van der Waals surface area (Å²) in [7, 11) is 1.93. The molecule has 0 saturated carbocycles. The van der Waals surface area contributed by atoms with Crippen molar-refractivity contribution in [3.05, 3.63) is 64.4 Å². The van der Waals surface area contributed by atoms with Crippen LogP contribution in [-0.4, -0.2) is 29.3 Å². The van der Waals surface area contributed by atoms with Gasteiger partial charge in [-0.1, -0.05) is 40.2 Å². The molecule has 1 heterocycles. The fourth-order valence-corrected chi connectivity index (χ4v) is 2.38. The highest BCUT2D eigenvalue weighted by Gasteiger charge is 2.12. The molecule has 2 aromatic rings. The van der Waals surface area contributed by atoms with Crippen molar-refractivity contribution in [2.24, 2.45) is 0 Å². The van der Waals surface area contributed by atoms with Gasteiger partial charge in [-0.3, -0.25) is 14.7 Å². The molecular weight excluding hydrogens is 304 g/mol. The van der Waals surface area contributed by atoms with Crippen molar-refractivity contribution in [2.45, 2.75) is 6.54 Å². The predicted molar refractivity (Wildman–Crippen MR) is 79.0 cm³/mol. The second-order valence-electron chi connectivity index (χ2n) is 4.44. The number of likely N-dealkylation sites (N-methyl/N-ethyl adjacent to an activating group) is 1. The van der Waals surface area contributed by atoms with E-state index in [1.54, 1.807) is 6.20 Å². The van der Waals surface area contributed by atoms with Gasteiger partial charge in [0.15, 0.2) is 5.78 Å². The molecule has 98 valence electrons. The molecule has 4 heteroatoms. The number of halogens is 1. The molecule has 2 rings (SSSR count). The Morgan fingerprint density at radius 1 is 1.26 bits per heavy atom. The Morgan fingerprint density at radius 2 is 2.05 bits per heavy atom. The fourth-order valence-electron chi connectivity index (χ4n) is 1.88. The molecule has 0 N–H and O–H groups in total. The molecular formula is C15H15BrN2O. The van der Waals surface area contributed by atoms with Gasteiger partial charge in [0.1, 0.15) is 0 Å². The first-order valence-corrected chi connectivity index (χ1v) is 6.81. The van der Waals surface area contributed by atoms with E-state index in [4.69, 9.17) is 0 Å². The van der Waals surface area contributed by atoms with E-state index >= 15 is 0 Å². The summed E-state index contributed by atoms with van der Waals surface area (Å²) in [4.78, 5) is 18.2. The molecule has 0 aliphatic heterocycles. The first kappa shape index (κ1) is 13.9. The van der Waals surface area contributed by atoms with Crippen LogP contribution in [0.3, 0.4) is 0 Å². The lowest BCUT2D eigenvalue weighted by Crippen LogP contribution is -2.25. The number of hydrogen-bond donors (Lipinski definition) is 0. The lowest BCUT2D eigenvalue weighted by atomic mass is 10.1. The third kappa shape index (κ3) is 3.98. The van der Waals surface area contributed by atoms with Gasteiger partial charge in [0.05, 0.1) is 6.54 Å². The van der Waals surface area contributed by atoms with E-state index in [-0.39, 0.29) is 5.78 Å². The van der Waals surface area contributed by atoms with Gasteiger partial charge in [-0.25, -0.2) is 0 Å². The van der Waals surface area contributed by atoms with Gasteiger partial charge in [-0.05, 0) is 24.7 Å². The summed E-state index contributed by atoms with van der Waals surface area (Å²) in [6.45, 7) is 1.10. The minimum Gasteiger partial charge on any atom is -0.295 e. The van der Waals surface area contributed by atoms with Gasteiger partial charge >= 0.3 is 0 Å². The Balaban J connectivity index is 1.98. The number of Topliss-reactive ketones (excluding diaryl/α,β-unsaturated/α-hetero) is 1. The molecule has 0 fully saturated rings. The first-order valence-electron chi connectivity index (χ1n) is 6.02. The van der Waals surface area contributed by atoms with E-state index in [1.807, 2.05) is 54.5 Å². The molecule has 0 saturated heterocycles. The summed E-state index contributed by atoms with van der Waals surface area (Å²) >= 11 is 3.40. The van der Waals surface area contributed by atoms with Crippen molar-refractivity contribution in [3.8, 4) is 0 Å².